The van der Waals surface area contributed by atoms with Gasteiger partial charge in [0.05, 0.1) is 29.5 Å². The second-order valence-corrected chi connectivity index (χ2v) is 12.6. The van der Waals surface area contributed by atoms with Crippen molar-refractivity contribution >= 4 is 46.3 Å². The summed E-state index contributed by atoms with van der Waals surface area (Å²) >= 11 is 0. The fraction of sp³-hybridized carbons (Fsp3) is 0.484. The number of carbonyl (C=O) groups excluding carboxylic acids is 1. The van der Waals surface area contributed by atoms with Crippen LogP contribution in [0.25, 0.3) is 5.57 Å². The van der Waals surface area contributed by atoms with E-state index in [1.807, 2.05) is 42.5 Å². The van der Waals surface area contributed by atoms with Gasteiger partial charge in [-0.05, 0) is 55.5 Å². The van der Waals surface area contributed by atoms with E-state index in [4.69, 9.17) is 9.84 Å². The number of pyridine rings is 1. The van der Waals surface area contributed by atoms with Crippen LogP contribution in [0.3, 0.4) is 0 Å². The van der Waals surface area contributed by atoms with Gasteiger partial charge in [0.2, 0.25) is 15.9 Å². The van der Waals surface area contributed by atoms with E-state index in [2.05, 4.69) is 15.0 Å². The van der Waals surface area contributed by atoms with Crippen LogP contribution in [-0.4, -0.2) is 67.2 Å². The Kier molecular flexibility index (Phi) is 15.3. The molecule has 1 heterocycles. The first-order valence-electron chi connectivity index (χ1n) is 14.4. The van der Waals surface area contributed by atoms with Crippen molar-refractivity contribution in [3.8, 4) is 0 Å². The molecule has 4 N–H and O–H groups in total. The maximum Gasteiger partial charge on any atom is 0.246 e. The fourth-order valence-electron chi connectivity index (χ4n) is 5.40. The fourth-order valence-corrected chi connectivity index (χ4v) is 6.49. The molecule has 0 radical (unpaired) electrons. The Bertz CT molecular complexity index is 1290. The molecule has 1 fully saturated rings. The van der Waals surface area contributed by atoms with Crippen LogP contribution in [-0.2, 0) is 19.6 Å². The molecule has 0 spiro atoms. The molecule has 9 nitrogen and oxygen atoms in total. The standard InChI is InChI=1S/C31H41N3O6S.2ClH/c35-19-8-20-41(38,39)34-30(37)31(16-18-33-23-28(36)26-11-7-17-32-22-26)15-14-25(24-9-3-1-4-10-24)21-29(31)40-27-12-5-2-6-13-27;;/h1,3-4,7,9-11,14-15,17,21-22,27-29,33,35-36H,2,5-6,8,12-13,16,18-20,23H2,(H,34,37);2*1H/t28-,29?,31?;;/m0../s1. The zero-order valence-electron chi connectivity index (χ0n) is 24.1. The molecule has 2 aliphatic carbocycles. The van der Waals surface area contributed by atoms with Crippen LogP contribution >= 0.6 is 24.8 Å². The number of carbonyl (C=O) groups is 1. The molecule has 238 valence electrons. The summed E-state index contributed by atoms with van der Waals surface area (Å²) < 4.78 is 34.5. The molecule has 43 heavy (non-hydrogen) atoms. The number of nitrogens with one attached hydrogen (secondary N) is 2. The van der Waals surface area contributed by atoms with Crippen molar-refractivity contribution in [2.24, 2.45) is 5.41 Å². The SMILES string of the molecule is Cl.Cl.O=C(NS(=O)(=O)CCCO)C1(CCNC[C@H](O)c2cccnc2)C=CC(c2ccccc2)=CC1OC1CCCCC1. The van der Waals surface area contributed by atoms with E-state index >= 15 is 0 Å². The smallest absolute Gasteiger partial charge is 0.246 e. The number of sulfonamides is 1. The highest BCUT2D eigenvalue weighted by Gasteiger charge is 2.47. The van der Waals surface area contributed by atoms with Crippen LogP contribution in [0.15, 0.2) is 73.1 Å². The highest BCUT2D eigenvalue weighted by atomic mass is 35.5. The predicted molar refractivity (Wildman–Crippen MR) is 173 cm³/mol. The summed E-state index contributed by atoms with van der Waals surface area (Å²) in [4.78, 5) is 18.0. The summed E-state index contributed by atoms with van der Waals surface area (Å²) in [5, 5.41) is 22.9. The summed E-state index contributed by atoms with van der Waals surface area (Å²) in [6.07, 6.45) is 12.6. The molecule has 0 aliphatic heterocycles. The summed E-state index contributed by atoms with van der Waals surface area (Å²) in [6.45, 7) is 0.270. The lowest BCUT2D eigenvalue weighted by atomic mass is 9.73. The second kappa shape index (κ2) is 17.9. The Labute approximate surface area is 267 Å². The van der Waals surface area contributed by atoms with Crippen molar-refractivity contribution in [1.82, 2.24) is 15.0 Å². The van der Waals surface area contributed by atoms with E-state index in [9.17, 15) is 18.3 Å². The highest BCUT2D eigenvalue weighted by Crippen LogP contribution is 2.40. The Morgan fingerprint density at radius 3 is 2.51 bits per heavy atom. The minimum atomic E-state index is -3.97. The molecule has 2 aliphatic rings. The Balaban J connectivity index is 0.00000323. The van der Waals surface area contributed by atoms with Crippen LogP contribution in [0.4, 0.5) is 0 Å². The normalized spacial score (nSPS) is 21.2. The number of ether oxygens (including phenoxy) is 1. The van der Waals surface area contributed by atoms with Gasteiger partial charge in [-0.2, -0.15) is 0 Å². The van der Waals surface area contributed by atoms with Gasteiger partial charge in [-0.15, -0.1) is 24.8 Å². The second-order valence-electron chi connectivity index (χ2n) is 10.8. The van der Waals surface area contributed by atoms with E-state index in [1.54, 1.807) is 30.6 Å². The first-order valence-corrected chi connectivity index (χ1v) is 16.0. The molecule has 0 bridgehead atoms. The number of benzene rings is 1. The monoisotopic (exact) mass is 655 g/mol. The van der Waals surface area contributed by atoms with Crippen LogP contribution in [0, 0.1) is 5.41 Å². The maximum absolute atomic E-state index is 13.9. The minimum absolute atomic E-state index is 0. The minimum Gasteiger partial charge on any atom is -0.396 e. The third-order valence-corrected chi connectivity index (χ3v) is 9.08. The number of rotatable bonds is 14. The number of aliphatic hydroxyl groups excluding tert-OH is 2. The van der Waals surface area contributed by atoms with Gasteiger partial charge in [0.15, 0.2) is 0 Å². The largest absolute Gasteiger partial charge is 0.396 e. The van der Waals surface area contributed by atoms with Gasteiger partial charge in [0.25, 0.3) is 0 Å². The Hall–Kier alpha value is -2.31. The summed E-state index contributed by atoms with van der Waals surface area (Å²) in [5.41, 5.74) is 1.24. The predicted octanol–water partition coefficient (Wildman–Crippen LogP) is 4.12. The van der Waals surface area contributed by atoms with E-state index in [0.717, 1.165) is 43.2 Å². The molecule has 2 aromatic rings. The van der Waals surface area contributed by atoms with Gasteiger partial charge in [-0.1, -0.05) is 67.8 Å². The van der Waals surface area contributed by atoms with Crippen molar-refractivity contribution in [3.05, 3.63) is 84.2 Å². The number of nitrogens with zero attached hydrogens (tertiary/aromatic N) is 1. The Morgan fingerprint density at radius 2 is 1.84 bits per heavy atom. The number of allylic oxidation sites excluding steroid dienone is 2. The number of amides is 1. The van der Waals surface area contributed by atoms with Crippen molar-refractivity contribution in [3.63, 3.8) is 0 Å². The van der Waals surface area contributed by atoms with Gasteiger partial charge in [0, 0.05) is 31.1 Å². The molecule has 1 amide bonds. The molecule has 3 atom stereocenters. The molecule has 1 saturated carbocycles. The van der Waals surface area contributed by atoms with Gasteiger partial charge in [-0.3, -0.25) is 14.5 Å². The number of halogens is 2. The average Bonchev–Trinajstić information content (AvgIpc) is 3.00. The topological polar surface area (TPSA) is 138 Å². The average molecular weight is 657 g/mol. The first kappa shape index (κ1) is 36.9. The third kappa shape index (κ3) is 10.4. The van der Waals surface area contributed by atoms with Gasteiger partial charge in [-0.25, -0.2) is 8.42 Å². The van der Waals surface area contributed by atoms with E-state index in [1.165, 1.54) is 0 Å². The summed E-state index contributed by atoms with van der Waals surface area (Å²) in [7, 11) is -3.97. The Morgan fingerprint density at radius 1 is 1.09 bits per heavy atom. The van der Waals surface area contributed by atoms with E-state index in [0.29, 0.717) is 12.1 Å². The van der Waals surface area contributed by atoms with E-state index < -0.39 is 33.6 Å². The lowest BCUT2D eigenvalue weighted by Gasteiger charge is -2.40. The van der Waals surface area contributed by atoms with Crippen LogP contribution in [0.2, 0.25) is 0 Å². The van der Waals surface area contributed by atoms with Crippen molar-refractivity contribution < 1.29 is 28.2 Å². The molecule has 1 aromatic carbocycles. The molecular formula is C31H43Cl2N3O6S. The van der Waals surface area contributed by atoms with Gasteiger partial charge >= 0.3 is 0 Å². The maximum atomic E-state index is 13.9. The third-order valence-electron chi connectivity index (χ3n) is 7.76. The zero-order valence-corrected chi connectivity index (χ0v) is 26.6. The lowest BCUT2D eigenvalue weighted by Crippen LogP contribution is -2.53. The molecule has 0 saturated heterocycles. The quantitative estimate of drug-likeness (QED) is 0.223. The number of hydrogen-bond donors (Lipinski definition) is 4. The highest BCUT2D eigenvalue weighted by molar-refractivity contribution is 7.90. The zero-order chi connectivity index (χ0) is 29.1. The molecule has 2 unspecified atom stereocenters. The lowest BCUT2D eigenvalue weighted by molar-refractivity contribution is -0.137. The molecule has 12 heteroatoms. The number of aromatic nitrogens is 1. The van der Waals surface area contributed by atoms with E-state index in [-0.39, 0.29) is 62.7 Å². The van der Waals surface area contributed by atoms with Crippen molar-refractivity contribution in [2.75, 3.05) is 25.4 Å². The first-order chi connectivity index (χ1) is 19.8. The molecule has 4 rings (SSSR count). The molecular weight excluding hydrogens is 613 g/mol. The van der Waals surface area contributed by atoms with Crippen LogP contribution in [0.5, 0.6) is 0 Å². The number of aliphatic hydroxyl groups is 2. The summed E-state index contributed by atoms with van der Waals surface area (Å²) in [6, 6.07) is 13.4. The van der Waals surface area contributed by atoms with Gasteiger partial charge in [0.1, 0.15) is 0 Å². The molecule has 1 aromatic heterocycles. The van der Waals surface area contributed by atoms with Crippen molar-refractivity contribution in [1.29, 1.82) is 0 Å². The van der Waals surface area contributed by atoms with Crippen LogP contribution < -0.4 is 10.0 Å². The van der Waals surface area contributed by atoms with Crippen LogP contribution in [0.1, 0.15) is 62.2 Å². The number of hydrogen-bond acceptors (Lipinski definition) is 8. The van der Waals surface area contributed by atoms with Gasteiger partial charge < -0.3 is 20.3 Å². The summed E-state index contributed by atoms with van der Waals surface area (Å²) in [5.74, 6) is -1.02. The van der Waals surface area contributed by atoms with Crippen molar-refractivity contribution in [2.45, 2.75) is 63.3 Å².